The fourth-order valence-electron chi connectivity index (χ4n) is 3.66. The van der Waals surface area contributed by atoms with Crippen LogP contribution in [-0.4, -0.2) is 41.9 Å². The number of amides is 1. The minimum absolute atomic E-state index is 0.271. The summed E-state index contributed by atoms with van der Waals surface area (Å²) in [6, 6.07) is -0.970. The Morgan fingerprint density at radius 2 is 1.42 bits per heavy atom. The van der Waals surface area contributed by atoms with Crippen molar-refractivity contribution >= 4 is 16.0 Å². The van der Waals surface area contributed by atoms with E-state index >= 15 is 0 Å². The standard InChI is InChI=1S/C26H49NO5S/c1-3-5-7-9-10-11-12-13-14-15-16-18-20-22-26(29)27-24(23-33(30,31)32)25(28)21-19-17-8-6-4-2/h7,9,11-12,24-25,28H,3-6,8,10,13-23H2,1-2H3,(H,27,29)(H,30,31,32)/b9-7-,12-11-. The molecule has 3 N–H and O–H groups in total. The topological polar surface area (TPSA) is 104 Å². The summed E-state index contributed by atoms with van der Waals surface area (Å²) >= 11 is 0. The molecule has 0 aliphatic rings. The van der Waals surface area contributed by atoms with Gasteiger partial charge in [-0.15, -0.1) is 0 Å². The predicted molar refractivity (Wildman–Crippen MR) is 138 cm³/mol. The first-order chi connectivity index (χ1) is 15.8. The molecule has 0 aliphatic heterocycles. The molecule has 0 heterocycles. The fourth-order valence-corrected chi connectivity index (χ4v) is 4.42. The summed E-state index contributed by atoms with van der Waals surface area (Å²) in [5, 5.41) is 13.0. The minimum atomic E-state index is -4.29. The van der Waals surface area contributed by atoms with E-state index in [1.807, 2.05) is 0 Å². The lowest BCUT2D eigenvalue weighted by Crippen LogP contribution is -2.47. The van der Waals surface area contributed by atoms with Crippen molar-refractivity contribution in [3.63, 3.8) is 0 Å². The zero-order valence-electron chi connectivity index (χ0n) is 21.0. The molecule has 33 heavy (non-hydrogen) atoms. The van der Waals surface area contributed by atoms with Gasteiger partial charge in [0.1, 0.15) is 0 Å². The van der Waals surface area contributed by atoms with Gasteiger partial charge in [0, 0.05) is 6.42 Å². The van der Waals surface area contributed by atoms with Crippen LogP contribution >= 0.6 is 0 Å². The van der Waals surface area contributed by atoms with Gasteiger partial charge in [-0.2, -0.15) is 8.42 Å². The van der Waals surface area contributed by atoms with Crippen LogP contribution in [0, 0.1) is 0 Å². The number of rotatable bonds is 22. The molecule has 1 amide bonds. The van der Waals surface area contributed by atoms with Gasteiger partial charge in [-0.05, 0) is 38.5 Å². The first-order valence-electron chi connectivity index (χ1n) is 13.0. The Balaban J connectivity index is 4.05. The van der Waals surface area contributed by atoms with Gasteiger partial charge in [0.15, 0.2) is 0 Å². The SMILES string of the molecule is CCC/C=C\C/C=C\CCCCCCCC(=O)NC(CS(=O)(=O)O)C(O)CCCCCCC. The molecule has 0 rings (SSSR count). The average Bonchev–Trinajstić information content (AvgIpc) is 2.75. The highest BCUT2D eigenvalue weighted by molar-refractivity contribution is 7.85. The maximum atomic E-state index is 12.2. The summed E-state index contributed by atoms with van der Waals surface area (Å²) in [6.07, 6.45) is 23.1. The van der Waals surface area contributed by atoms with Gasteiger partial charge in [0.2, 0.25) is 5.91 Å². The normalized spacial score (nSPS) is 14.2. The minimum Gasteiger partial charge on any atom is -0.391 e. The maximum Gasteiger partial charge on any atom is 0.266 e. The highest BCUT2D eigenvalue weighted by atomic mass is 32.2. The van der Waals surface area contributed by atoms with E-state index in [1.54, 1.807) is 0 Å². The van der Waals surface area contributed by atoms with Crippen LogP contribution in [0.15, 0.2) is 24.3 Å². The van der Waals surface area contributed by atoms with Crippen LogP contribution in [0.3, 0.4) is 0 Å². The third kappa shape index (κ3) is 22.4. The van der Waals surface area contributed by atoms with Gasteiger partial charge in [-0.3, -0.25) is 9.35 Å². The molecule has 6 nitrogen and oxygen atoms in total. The van der Waals surface area contributed by atoms with Crippen molar-refractivity contribution in [2.45, 2.75) is 129 Å². The Kier molecular flexibility index (Phi) is 20.6. The fraction of sp³-hybridized carbons (Fsp3) is 0.808. The molecule has 2 unspecified atom stereocenters. The van der Waals surface area contributed by atoms with E-state index in [0.717, 1.165) is 83.5 Å². The zero-order valence-corrected chi connectivity index (χ0v) is 21.8. The molecule has 194 valence electrons. The molecule has 0 bridgehead atoms. The van der Waals surface area contributed by atoms with Gasteiger partial charge in [-0.1, -0.05) is 95.9 Å². The monoisotopic (exact) mass is 487 g/mol. The maximum absolute atomic E-state index is 12.2. The predicted octanol–water partition coefficient (Wildman–Crippen LogP) is 6.11. The Labute approximate surface area is 203 Å². The first-order valence-corrected chi connectivity index (χ1v) is 14.6. The van der Waals surface area contributed by atoms with Crippen LogP contribution in [0.1, 0.15) is 117 Å². The Bertz CT molecular complexity index is 631. The number of nitrogens with one attached hydrogen (secondary N) is 1. The molecule has 0 aliphatic carbocycles. The van der Waals surface area contributed by atoms with Crippen molar-refractivity contribution in [3.8, 4) is 0 Å². The van der Waals surface area contributed by atoms with Crippen molar-refractivity contribution < 1.29 is 22.9 Å². The van der Waals surface area contributed by atoms with E-state index in [0.29, 0.717) is 12.8 Å². The summed E-state index contributed by atoms with van der Waals surface area (Å²) in [7, 11) is -4.29. The molecule has 0 fully saturated rings. The third-order valence-corrected chi connectivity index (χ3v) is 6.42. The summed E-state index contributed by atoms with van der Waals surface area (Å²) in [5.74, 6) is -0.927. The van der Waals surface area contributed by atoms with E-state index in [-0.39, 0.29) is 5.91 Å². The summed E-state index contributed by atoms with van der Waals surface area (Å²) in [6.45, 7) is 4.30. The number of carbonyl (C=O) groups excluding carboxylic acids is 1. The molecule has 0 saturated carbocycles. The van der Waals surface area contributed by atoms with E-state index in [9.17, 15) is 22.9 Å². The molecule has 2 atom stereocenters. The van der Waals surface area contributed by atoms with Crippen LogP contribution in [0.2, 0.25) is 0 Å². The molecule has 0 spiro atoms. The molecule has 0 aromatic carbocycles. The number of unbranched alkanes of at least 4 members (excludes halogenated alkanes) is 10. The molecule has 0 aromatic rings. The quantitative estimate of drug-likeness (QED) is 0.0970. The van der Waals surface area contributed by atoms with E-state index in [4.69, 9.17) is 0 Å². The second-order valence-electron chi connectivity index (χ2n) is 8.97. The van der Waals surface area contributed by atoms with Crippen LogP contribution < -0.4 is 5.32 Å². The highest BCUT2D eigenvalue weighted by Crippen LogP contribution is 2.12. The summed E-state index contributed by atoms with van der Waals surface area (Å²) in [5.41, 5.74) is 0. The van der Waals surface area contributed by atoms with Crippen molar-refractivity contribution in [1.29, 1.82) is 0 Å². The molecular formula is C26H49NO5S. The van der Waals surface area contributed by atoms with Crippen LogP contribution in [0.25, 0.3) is 0 Å². The Hall–Kier alpha value is -1.18. The van der Waals surface area contributed by atoms with Crippen molar-refractivity contribution in [2.75, 3.05) is 5.75 Å². The van der Waals surface area contributed by atoms with Gasteiger partial charge in [-0.25, -0.2) is 0 Å². The Morgan fingerprint density at radius 1 is 0.818 bits per heavy atom. The van der Waals surface area contributed by atoms with Gasteiger partial charge in [0.25, 0.3) is 10.1 Å². The lowest BCUT2D eigenvalue weighted by atomic mass is 10.0. The lowest BCUT2D eigenvalue weighted by Gasteiger charge is -2.23. The van der Waals surface area contributed by atoms with E-state index in [1.165, 1.54) is 6.42 Å². The van der Waals surface area contributed by atoms with Crippen LogP contribution in [0.5, 0.6) is 0 Å². The molecule has 0 aromatic heterocycles. The second kappa shape index (κ2) is 21.4. The number of aliphatic hydroxyl groups is 1. The average molecular weight is 488 g/mol. The van der Waals surface area contributed by atoms with Gasteiger partial charge >= 0.3 is 0 Å². The third-order valence-electron chi connectivity index (χ3n) is 5.64. The highest BCUT2D eigenvalue weighted by Gasteiger charge is 2.25. The zero-order chi connectivity index (χ0) is 24.8. The summed E-state index contributed by atoms with van der Waals surface area (Å²) < 4.78 is 31.8. The van der Waals surface area contributed by atoms with Crippen molar-refractivity contribution in [2.24, 2.45) is 0 Å². The van der Waals surface area contributed by atoms with E-state index < -0.39 is 28.0 Å². The van der Waals surface area contributed by atoms with Crippen molar-refractivity contribution in [3.05, 3.63) is 24.3 Å². The second-order valence-corrected chi connectivity index (χ2v) is 10.5. The molecule has 0 saturated heterocycles. The number of hydrogen-bond acceptors (Lipinski definition) is 4. The summed E-state index contributed by atoms with van der Waals surface area (Å²) in [4.78, 5) is 12.2. The number of allylic oxidation sites excluding steroid dienone is 4. The molecular weight excluding hydrogens is 438 g/mol. The van der Waals surface area contributed by atoms with Crippen LogP contribution in [-0.2, 0) is 14.9 Å². The van der Waals surface area contributed by atoms with Crippen molar-refractivity contribution in [1.82, 2.24) is 5.32 Å². The van der Waals surface area contributed by atoms with E-state index in [2.05, 4.69) is 43.5 Å². The molecule has 7 heteroatoms. The van der Waals surface area contributed by atoms with Gasteiger partial charge in [0.05, 0.1) is 17.9 Å². The Morgan fingerprint density at radius 3 is 2.09 bits per heavy atom. The molecule has 0 radical (unpaired) electrons. The van der Waals surface area contributed by atoms with Gasteiger partial charge < -0.3 is 10.4 Å². The lowest BCUT2D eigenvalue weighted by molar-refractivity contribution is -0.122. The van der Waals surface area contributed by atoms with Crippen LogP contribution in [0.4, 0.5) is 0 Å². The number of hydrogen-bond donors (Lipinski definition) is 3. The number of carbonyl (C=O) groups is 1. The number of aliphatic hydroxyl groups excluding tert-OH is 1. The first kappa shape index (κ1) is 31.8. The largest absolute Gasteiger partial charge is 0.391 e. The smallest absolute Gasteiger partial charge is 0.266 e.